The van der Waals surface area contributed by atoms with Gasteiger partial charge in [0.2, 0.25) is 0 Å². The van der Waals surface area contributed by atoms with Gasteiger partial charge in [-0.15, -0.1) is 0 Å². The lowest BCUT2D eigenvalue weighted by molar-refractivity contribution is 0.0759. The molecule has 0 aromatic rings. The van der Waals surface area contributed by atoms with E-state index in [0.717, 1.165) is 23.7 Å². The Balaban J connectivity index is 4.68. The van der Waals surface area contributed by atoms with E-state index >= 15 is 0 Å². The van der Waals surface area contributed by atoms with E-state index in [2.05, 4.69) is 69.2 Å². The molecule has 0 aromatic heterocycles. The first-order chi connectivity index (χ1) is 6.89. The van der Waals surface area contributed by atoms with Crippen LogP contribution in [0, 0.1) is 34.5 Å². The molecule has 0 saturated carbocycles. The Labute approximate surface area is 104 Å². The highest BCUT2D eigenvalue weighted by atomic mass is 14.4. The molecule has 4 atom stereocenters. The van der Waals surface area contributed by atoms with Crippen LogP contribution in [0.15, 0.2) is 0 Å². The molecule has 0 heterocycles. The smallest absolute Gasteiger partial charge is 0.0354 e. The summed E-state index contributed by atoms with van der Waals surface area (Å²) >= 11 is 0. The molecular weight excluding hydrogens is 192 g/mol. The lowest BCUT2D eigenvalue weighted by Gasteiger charge is -2.41. The van der Waals surface area contributed by atoms with Gasteiger partial charge in [-0.3, -0.25) is 0 Å². The molecule has 0 heteroatoms. The van der Waals surface area contributed by atoms with Gasteiger partial charge in [-0.2, -0.15) is 0 Å². The average Bonchev–Trinajstić information content (AvgIpc) is 2.10. The van der Waals surface area contributed by atoms with Gasteiger partial charge in [0.1, 0.15) is 0 Å². The Kier molecular flexibility index (Phi) is 5.10. The van der Waals surface area contributed by atoms with Crippen LogP contribution in [0.2, 0.25) is 0 Å². The quantitative estimate of drug-likeness (QED) is 0.585. The summed E-state index contributed by atoms with van der Waals surface area (Å²) in [5.74, 6) is 3.11. The first kappa shape index (κ1) is 16.0. The molecule has 0 rings (SSSR count). The predicted molar refractivity (Wildman–Crippen MR) is 75.6 cm³/mol. The Hall–Kier alpha value is 0. The standard InChI is InChI=1S/C16H34/c1-11(13(3)15(5,6)7)12(2)14(4)16(8,9)10/h11-14H,1-10H3/t11-,12?,13?,14?/m0/s1. The number of rotatable bonds is 3. The largest absolute Gasteiger partial charge is 0.0620 e. The summed E-state index contributed by atoms with van der Waals surface area (Å²) in [6, 6.07) is 0. The molecule has 0 fully saturated rings. The van der Waals surface area contributed by atoms with Crippen LogP contribution in [0.3, 0.4) is 0 Å². The molecule has 0 N–H and O–H groups in total. The summed E-state index contributed by atoms with van der Waals surface area (Å²) in [5, 5.41) is 0. The summed E-state index contributed by atoms with van der Waals surface area (Å²) < 4.78 is 0. The maximum Gasteiger partial charge on any atom is -0.0354 e. The van der Waals surface area contributed by atoms with E-state index in [1.165, 1.54) is 0 Å². The monoisotopic (exact) mass is 226 g/mol. The molecule has 3 unspecified atom stereocenters. The topological polar surface area (TPSA) is 0 Å². The van der Waals surface area contributed by atoms with E-state index in [-0.39, 0.29) is 0 Å². The van der Waals surface area contributed by atoms with Crippen LogP contribution in [0.25, 0.3) is 0 Å². The zero-order valence-corrected chi connectivity index (χ0v) is 13.3. The normalized spacial score (nSPS) is 21.4. The van der Waals surface area contributed by atoms with Crippen molar-refractivity contribution in [3.05, 3.63) is 0 Å². The van der Waals surface area contributed by atoms with Crippen molar-refractivity contribution >= 4 is 0 Å². The minimum absolute atomic E-state index is 0.422. The van der Waals surface area contributed by atoms with Gasteiger partial charge in [-0.05, 0) is 34.5 Å². The van der Waals surface area contributed by atoms with Crippen molar-refractivity contribution in [2.45, 2.75) is 69.2 Å². The van der Waals surface area contributed by atoms with Gasteiger partial charge in [0.25, 0.3) is 0 Å². The molecule has 0 nitrogen and oxygen atoms in total. The van der Waals surface area contributed by atoms with Crippen LogP contribution in [-0.2, 0) is 0 Å². The number of hydrogen-bond acceptors (Lipinski definition) is 0. The Morgan fingerprint density at radius 2 is 0.688 bits per heavy atom. The van der Waals surface area contributed by atoms with Crippen molar-refractivity contribution in [3.8, 4) is 0 Å². The first-order valence-electron chi connectivity index (χ1n) is 6.89. The molecule has 0 aromatic carbocycles. The van der Waals surface area contributed by atoms with Gasteiger partial charge in [-0.25, -0.2) is 0 Å². The van der Waals surface area contributed by atoms with E-state index in [1.54, 1.807) is 0 Å². The molecule has 0 aliphatic rings. The van der Waals surface area contributed by atoms with Gasteiger partial charge in [0.05, 0.1) is 0 Å². The fourth-order valence-corrected chi connectivity index (χ4v) is 2.49. The fourth-order valence-electron chi connectivity index (χ4n) is 2.49. The van der Waals surface area contributed by atoms with Crippen LogP contribution < -0.4 is 0 Å². The average molecular weight is 226 g/mol. The van der Waals surface area contributed by atoms with E-state index < -0.39 is 0 Å². The molecule has 0 amide bonds. The maximum atomic E-state index is 2.43. The third-order valence-corrected chi connectivity index (χ3v) is 5.14. The second kappa shape index (κ2) is 5.10. The van der Waals surface area contributed by atoms with Crippen molar-refractivity contribution in [2.75, 3.05) is 0 Å². The second-order valence-electron chi connectivity index (χ2n) is 8.03. The third kappa shape index (κ3) is 4.11. The molecule has 98 valence electrons. The Morgan fingerprint density at radius 3 is 0.812 bits per heavy atom. The lowest BCUT2D eigenvalue weighted by Crippen LogP contribution is -2.34. The molecule has 0 saturated heterocycles. The van der Waals surface area contributed by atoms with Crippen LogP contribution in [0.5, 0.6) is 0 Å². The van der Waals surface area contributed by atoms with Crippen molar-refractivity contribution in [1.82, 2.24) is 0 Å². The summed E-state index contributed by atoms with van der Waals surface area (Å²) in [4.78, 5) is 0. The highest BCUT2D eigenvalue weighted by Crippen LogP contribution is 2.42. The van der Waals surface area contributed by atoms with E-state index in [1.807, 2.05) is 0 Å². The molecule has 0 aliphatic heterocycles. The van der Waals surface area contributed by atoms with Gasteiger partial charge in [0, 0.05) is 0 Å². The summed E-state index contributed by atoms with van der Waals surface area (Å²) in [6.45, 7) is 23.9. The van der Waals surface area contributed by atoms with Crippen molar-refractivity contribution < 1.29 is 0 Å². The van der Waals surface area contributed by atoms with Crippen LogP contribution in [-0.4, -0.2) is 0 Å². The summed E-state index contributed by atoms with van der Waals surface area (Å²) in [6.07, 6.45) is 0. The maximum absolute atomic E-state index is 2.43. The first-order valence-corrected chi connectivity index (χ1v) is 6.89. The van der Waals surface area contributed by atoms with Gasteiger partial charge in [0.15, 0.2) is 0 Å². The van der Waals surface area contributed by atoms with Crippen molar-refractivity contribution in [1.29, 1.82) is 0 Å². The lowest BCUT2D eigenvalue weighted by atomic mass is 9.64. The summed E-state index contributed by atoms with van der Waals surface area (Å²) in [7, 11) is 0. The minimum Gasteiger partial charge on any atom is -0.0620 e. The highest BCUT2D eigenvalue weighted by molar-refractivity contribution is 4.83. The molecule has 16 heavy (non-hydrogen) atoms. The van der Waals surface area contributed by atoms with Gasteiger partial charge < -0.3 is 0 Å². The Morgan fingerprint density at radius 1 is 0.500 bits per heavy atom. The van der Waals surface area contributed by atoms with Gasteiger partial charge in [-0.1, -0.05) is 69.2 Å². The van der Waals surface area contributed by atoms with Crippen LogP contribution in [0.1, 0.15) is 69.2 Å². The fraction of sp³-hybridized carbons (Fsp3) is 1.00. The number of hydrogen-bond donors (Lipinski definition) is 0. The predicted octanol–water partition coefficient (Wildman–Crippen LogP) is 5.62. The zero-order valence-electron chi connectivity index (χ0n) is 13.3. The molecule has 0 radical (unpaired) electrons. The molecule has 0 spiro atoms. The molecule has 0 aliphatic carbocycles. The summed E-state index contributed by atoms with van der Waals surface area (Å²) in [5.41, 5.74) is 0.844. The highest BCUT2D eigenvalue weighted by Gasteiger charge is 2.34. The van der Waals surface area contributed by atoms with E-state index in [9.17, 15) is 0 Å². The van der Waals surface area contributed by atoms with E-state index in [0.29, 0.717) is 10.8 Å². The van der Waals surface area contributed by atoms with Crippen molar-refractivity contribution in [3.63, 3.8) is 0 Å². The van der Waals surface area contributed by atoms with Crippen LogP contribution >= 0.6 is 0 Å². The van der Waals surface area contributed by atoms with Crippen LogP contribution in [0.4, 0.5) is 0 Å². The molecular formula is C16H34. The second-order valence-corrected chi connectivity index (χ2v) is 8.03. The SMILES string of the molecule is CC(C(C)C(C)(C)C)[C@H](C)C(C)C(C)(C)C. The Bertz CT molecular complexity index is 177. The van der Waals surface area contributed by atoms with Crippen molar-refractivity contribution in [2.24, 2.45) is 34.5 Å². The van der Waals surface area contributed by atoms with Gasteiger partial charge >= 0.3 is 0 Å². The van der Waals surface area contributed by atoms with E-state index in [4.69, 9.17) is 0 Å². The zero-order chi connectivity index (χ0) is 13.3. The molecule has 0 bridgehead atoms. The third-order valence-electron chi connectivity index (χ3n) is 5.14. The minimum atomic E-state index is 0.422.